The number of rotatable bonds is 5. The van der Waals surface area contributed by atoms with Crippen molar-refractivity contribution in [3.05, 3.63) is 42.1 Å². The molecule has 3 heterocycles. The van der Waals surface area contributed by atoms with E-state index in [4.69, 9.17) is 6.57 Å². The standard InChI is InChI=1S/C21H18F3N7O/c1-26-15-11-28-31-17(6-7-18(31)29-20(32)21(22,23)24)19(15)14-10-27-30(12-14)16(8-9-25)13-4-2-3-5-13/h6-7,10-13,16H,2-5,8H2,(H,29,32). The Morgan fingerprint density at radius 2 is 2.06 bits per heavy atom. The summed E-state index contributed by atoms with van der Waals surface area (Å²) in [5.41, 5.74) is 1.57. The number of hydrogen-bond donors (Lipinski definition) is 1. The van der Waals surface area contributed by atoms with Gasteiger partial charge in [-0.1, -0.05) is 12.8 Å². The highest BCUT2D eigenvalue weighted by Gasteiger charge is 2.39. The van der Waals surface area contributed by atoms with E-state index in [1.165, 1.54) is 18.3 Å². The first-order valence-electron chi connectivity index (χ1n) is 10.0. The Hall–Kier alpha value is -3.86. The van der Waals surface area contributed by atoms with Crippen molar-refractivity contribution in [2.24, 2.45) is 5.92 Å². The molecule has 1 aliphatic carbocycles. The van der Waals surface area contributed by atoms with Gasteiger partial charge in [-0.15, -0.1) is 0 Å². The topological polar surface area (TPSA) is 92.4 Å². The van der Waals surface area contributed by atoms with Crippen LogP contribution < -0.4 is 5.32 Å². The lowest BCUT2D eigenvalue weighted by Crippen LogP contribution is -2.30. The molecule has 11 heteroatoms. The molecule has 3 aromatic rings. The Balaban J connectivity index is 1.75. The highest BCUT2D eigenvalue weighted by Crippen LogP contribution is 2.39. The van der Waals surface area contributed by atoms with E-state index in [-0.39, 0.29) is 17.5 Å². The van der Waals surface area contributed by atoms with Crippen LogP contribution in [0.1, 0.15) is 38.1 Å². The molecule has 1 amide bonds. The van der Waals surface area contributed by atoms with Gasteiger partial charge in [0.2, 0.25) is 5.69 Å². The van der Waals surface area contributed by atoms with Crippen LogP contribution in [-0.2, 0) is 4.79 Å². The van der Waals surface area contributed by atoms with Gasteiger partial charge >= 0.3 is 12.1 Å². The third kappa shape index (κ3) is 3.89. The van der Waals surface area contributed by atoms with Crippen molar-refractivity contribution >= 4 is 22.9 Å². The number of anilines is 1. The summed E-state index contributed by atoms with van der Waals surface area (Å²) >= 11 is 0. The largest absolute Gasteiger partial charge is 0.471 e. The number of aromatic nitrogens is 4. The van der Waals surface area contributed by atoms with Crippen LogP contribution in [0, 0.1) is 23.8 Å². The van der Waals surface area contributed by atoms with Crippen molar-refractivity contribution < 1.29 is 18.0 Å². The lowest BCUT2D eigenvalue weighted by molar-refractivity contribution is -0.167. The molecular weight excluding hydrogens is 423 g/mol. The minimum Gasteiger partial charge on any atom is -0.303 e. The van der Waals surface area contributed by atoms with E-state index in [0.29, 0.717) is 29.0 Å². The molecule has 0 aromatic carbocycles. The Kier molecular flexibility index (Phi) is 5.57. The maximum absolute atomic E-state index is 12.7. The van der Waals surface area contributed by atoms with Gasteiger partial charge in [0.25, 0.3) is 0 Å². The monoisotopic (exact) mass is 441 g/mol. The second-order valence-corrected chi connectivity index (χ2v) is 7.67. The van der Waals surface area contributed by atoms with E-state index < -0.39 is 12.1 Å². The predicted octanol–water partition coefficient (Wildman–Crippen LogP) is 4.89. The summed E-state index contributed by atoms with van der Waals surface area (Å²) in [6.07, 6.45) is 4.11. The van der Waals surface area contributed by atoms with Crippen LogP contribution in [0.5, 0.6) is 0 Å². The first kappa shape index (κ1) is 21.4. The Bertz CT molecular complexity index is 1240. The number of hydrogen-bond acceptors (Lipinski definition) is 4. The van der Waals surface area contributed by atoms with Crippen LogP contribution in [0.2, 0.25) is 0 Å². The molecule has 0 saturated heterocycles. The van der Waals surface area contributed by atoms with Crippen molar-refractivity contribution in [2.45, 2.75) is 44.3 Å². The first-order chi connectivity index (χ1) is 15.3. The summed E-state index contributed by atoms with van der Waals surface area (Å²) in [5.74, 6) is -1.93. The summed E-state index contributed by atoms with van der Waals surface area (Å²) in [5, 5.41) is 19.5. The van der Waals surface area contributed by atoms with Gasteiger partial charge in [0.05, 0.1) is 43.0 Å². The molecule has 0 radical (unpaired) electrons. The van der Waals surface area contributed by atoms with Gasteiger partial charge in [0, 0.05) is 17.3 Å². The van der Waals surface area contributed by atoms with E-state index in [0.717, 1.165) is 30.2 Å². The summed E-state index contributed by atoms with van der Waals surface area (Å²) in [4.78, 5) is 14.8. The average molecular weight is 441 g/mol. The lowest BCUT2D eigenvalue weighted by Gasteiger charge is -2.21. The third-order valence-corrected chi connectivity index (χ3v) is 5.76. The zero-order chi connectivity index (χ0) is 22.9. The van der Waals surface area contributed by atoms with Crippen LogP contribution in [-0.4, -0.2) is 31.5 Å². The molecule has 0 bridgehead atoms. The summed E-state index contributed by atoms with van der Waals surface area (Å²) in [6, 6.07) is 4.92. The predicted molar refractivity (Wildman–Crippen MR) is 109 cm³/mol. The summed E-state index contributed by atoms with van der Waals surface area (Å²) < 4.78 is 40.9. The van der Waals surface area contributed by atoms with Gasteiger partial charge in [0.1, 0.15) is 5.82 Å². The number of alkyl halides is 3. The van der Waals surface area contributed by atoms with Crippen LogP contribution in [0.25, 0.3) is 21.5 Å². The Morgan fingerprint density at radius 3 is 2.72 bits per heavy atom. The fraction of sp³-hybridized carbons (Fsp3) is 0.381. The molecule has 1 unspecified atom stereocenters. The van der Waals surface area contributed by atoms with Crippen LogP contribution in [0.4, 0.5) is 24.7 Å². The number of nitrogens with zero attached hydrogens (tertiary/aromatic N) is 6. The fourth-order valence-corrected chi connectivity index (χ4v) is 4.27. The van der Waals surface area contributed by atoms with E-state index in [2.05, 4.69) is 21.1 Å². The molecule has 1 fully saturated rings. The smallest absolute Gasteiger partial charge is 0.303 e. The zero-order valence-electron chi connectivity index (χ0n) is 16.8. The average Bonchev–Trinajstić information content (AvgIpc) is 3.52. The Morgan fingerprint density at radius 1 is 1.31 bits per heavy atom. The van der Waals surface area contributed by atoms with Gasteiger partial charge < -0.3 is 5.32 Å². The number of halogens is 3. The highest BCUT2D eigenvalue weighted by atomic mass is 19.4. The van der Waals surface area contributed by atoms with Crippen molar-refractivity contribution in [2.75, 3.05) is 5.32 Å². The van der Waals surface area contributed by atoms with Crippen LogP contribution >= 0.6 is 0 Å². The number of carbonyl (C=O) groups is 1. The third-order valence-electron chi connectivity index (χ3n) is 5.76. The molecule has 1 N–H and O–H groups in total. The number of nitriles is 1. The van der Waals surface area contributed by atoms with Crippen molar-refractivity contribution in [1.82, 2.24) is 19.4 Å². The first-order valence-corrected chi connectivity index (χ1v) is 10.0. The van der Waals surface area contributed by atoms with Gasteiger partial charge in [-0.05, 0) is 30.9 Å². The van der Waals surface area contributed by atoms with E-state index >= 15 is 0 Å². The molecular formula is C21H18F3N7O. The lowest BCUT2D eigenvalue weighted by atomic mass is 9.96. The second-order valence-electron chi connectivity index (χ2n) is 7.67. The van der Waals surface area contributed by atoms with Crippen molar-refractivity contribution in [3.8, 4) is 17.2 Å². The van der Waals surface area contributed by atoms with E-state index in [9.17, 15) is 23.2 Å². The molecule has 0 spiro atoms. The van der Waals surface area contributed by atoms with Crippen LogP contribution in [0.15, 0.2) is 30.7 Å². The molecule has 1 aliphatic rings. The number of carbonyl (C=O) groups excluding carboxylic acids is 1. The van der Waals surface area contributed by atoms with Gasteiger partial charge in [-0.2, -0.15) is 28.6 Å². The molecule has 0 aliphatic heterocycles. The molecule has 3 aromatic heterocycles. The second kappa shape index (κ2) is 8.35. The van der Waals surface area contributed by atoms with E-state index in [1.54, 1.807) is 22.4 Å². The van der Waals surface area contributed by atoms with Crippen molar-refractivity contribution in [1.29, 1.82) is 5.26 Å². The SMILES string of the molecule is [C-]#[N+]c1cnn2c(NC(=O)C(F)(F)F)ccc2c1-c1cnn(C(CC#N)C2CCCC2)c1. The molecule has 8 nitrogen and oxygen atoms in total. The van der Waals surface area contributed by atoms with Gasteiger partial charge in [-0.25, -0.2) is 9.36 Å². The number of amides is 1. The number of nitrogens with one attached hydrogen (secondary N) is 1. The number of fused-ring (bicyclic) bond motifs is 1. The molecule has 164 valence electrons. The molecule has 32 heavy (non-hydrogen) atoms. The molecule has 1 atom stereocenters. The molecule has 1 saturated carbocycles. The normalized spacial score (nSPS) is 15.4. The minimum absolute atomic E-state index is 0.0843. The van der Waals surface area contributed by atoms with Gasteiger partial charge in [0.15, 0.2) is 0 Å². The van der Waals surface area contributed by atoms with Crippen molar-refractivity contribution in [3.63, 3.8) is 0 Å². The quantitative estimate of drug-likeness (QED) is 0.571. The van der Waals surface area contributed by atoms with E-state index in [1.807, 2.05) is 0 Å². The minimum atomic E-state index is -5.04. The molecule has 4 rings (SSSR count). The summed E-state index contributed by atoms with van der Waals surface area (Å²) in [7, 11) is 0. The zero-order valence-corrected chi connectivity index (χ0v) is 16.8. The maximum atomic E-state index is 12.7. The van der Waals surface area contributed by atoms with Crippen LogP contribution in [0.3, 0.4) is 0 Å². The van der Waals surface area contributed by atoms with Gasteiger partial charge in [-0.3, -0.25) is 9.48 Å². The maximum Gasteiger partial charge on any atom is 0.471 e. The summed E-state index contributed by atoms with van der Waals surface area (Å²) in [6.45, 7) is 7.49. The fourth-order valence-electron chi connectivity index (χ4n) is 4.27. The highest BCUT2D eigenvalue weighted by molar-refractivity contribution is 5.96. The Labute approximate surface area is 181 Å².